The summed E-state index contributed by atoms with van der Waals surface area (Å²) in [5.41, 5.74) is 0.507. The van der Waals surface area contributed by atoms with Crippen LogP contribution >= 0.6 is 23.2 Å². The summed E-state index contributed by atoms with van der Waals surface area (Å²) < 4.78 is 33.1. The topological polar surface area (TPSA) is 122 Å². The van der Waals surface area contributed by atoms with Gasteiger partial charge in [0, 0.05) is 11.6 Å². The van der Waals surface area contributed by atoms with Crippen LogP contribution < -0.4 is 14.6 Å². The highest BCUT2D eigenvalue weighted by atomic mass is 35.5. The van der Waals surface area contributed by atoms with E-state index in [4.69, 9.17) is 37.8 Å². The lowest BCUT2D eigenvalue weighted by molar-refractivity contribution is -0.385. The first kappa shape index (κ1) is 17.5. The molecule has 0 saturated carbocycles. The van der Waals surface area contributed by atoms with Gasteiger partial charge >= 0.3 is 0 Å². The molecule has 116 valence electrons. The lowest BCUT2D eigenvalue weighted by atomic mass is 10.3. The maximum atomic E-state index is 11.5. The minimum atomic E-state index is -4.25. The van der Waals surface area contributed by atoms with Crippen LogP contribution in [0.5, 0.6) is 11.5 Å². The standard InChI is InChI=1S/C10H10Cl2N2O6S/c1-19-10-8(20-5-6(12)4-11)2-7(14(15)16)3-9(10)21(13,17)18/h2-4H,5H2,1H3,(H2,13,17,18). The number of hydrogen-bond donors (Lipinski definition) is 1. The van der Waals surface area contributed by atoms with E-state index in [1.54, 1.807) is 0 Å². The third kappa shape index (κ3) is 4.46. The fraction of sp³-hybridized carbons (Fsp3) is 0.200. The van der Waals surface area contributed by atoms with Crippen LogP contribution in [0.2, 0.25) is 0 Å². The van der Waals surface area contributed by atoms with Crippen LogP contribution in [-0.4, -0.2) is 27.1 Å². The van der Waals surface area contributed by atoms with Crippen molar-refractivity contribution in [3.8, 4) is 11.5 Å². The molecule has 0 heterocycles. The van der Waals surface area contributed by atoms with Gasteiger partial charge in [-0.05, 0) is 0 Å². The van der Waals surface area contributed by atoms with Crippen LogP contribution in [0.3, 0.4) is 0 Å². The summed E-state index contributed by atoms with van der Waals surface area (Å²) in [6, 6.07) is 1.77. The Morgan fingerprint density at radius 2 is 2.14 bits per heavy atom. The molecule has 0 unspecified atom stereocenters. The monoisotopic (exact) mass is 356 g/mol. The van der Waals surface area contributed by atoms with E-state index in [9.17, 15) is 18.5 Å². The molecule has 0 fully saturated rings. The van der Waals surface area contributed by atoms with Crippen molar-refractivity contribution < 1.29 is 22.8 Å². The fourth-order valence-corrected chi connectivity index (χ4v) is 2.21. The first-order valence-corrected chi connectivity index (χ1v) is 7.53. The third-order valence-corrected chi connectivity index (χ3v) is 3.72. The van der Waals surface area contributed by atoms with Gasteiger partial charge in [-0.2, -0.15) is 0 Å². The van der Waals surface area contributed by atoms with Gasteiger partial charge in [0.05, 0.1) is 23.1 Å². The van der Waals surface area contributed by atoms with Gasteiger partial charge < -0.3 is 9.47 Å². The summed E-state index contributed by atoms with van der Waals surface area (Å²) in [5, 5.41) is 15.9. The summed E-state index contributed by atoms with van der Waals surface area (Å²) in [6.07, 6.45) is 0. The molecule has 0 aromatic heterocycles. The minimum Gasteiger partial charge on any atom is -0.492 e. The van der Waals surface area contributed by atoms with E-state index in [0.29, 0.717) is 0 Å². The highest BCUT2D eigenvalue weighted by Crippen LogP contribution is 2.38. The second-order valence-electron chi connectivity index (χ2n) is 3.62. The zero-order chi connectivity index (χ0) is 16.2. The number of halogens is 2. The lowest BCUT2D eigenvalue weighted by Gasteiger charge is -2.13. The van der Waals surface area contributed by atoms with E-state index in [1.807, 2.05) is 0 Å². The largest absolute Gasteiger partial charge is 0.492 e. The molecule has 0 spiro atoms. The smallest absolute Gasteiger partial charge is 0.274 e. The Hall–Kier alpha value is -1.55. The Morgan fingerprint density at radius 1 is 1.52 bits per heavy atom. The van der Waals surface area contributed by atoms with Gasteiger partial charge in [-0.3, -0.25) is 10.1 Å². The van der Waals surface area contributed by atoms with Gasteiger partial charge in [-0.15, -0.1) is 0 Å². The van der Waals surface area contributed by atoms with Crippen molar-refractivity contribution in [3.63, 3.8) is 0 Å². The van der Waals surface area contributed by atoms with Crippen molar-refractivity contribution in [1.29, 1.82) is 0 Å². The number of ether oxygens (including phenoxy) is 2. The first-order chi connectivity index (χ1) is 9.70. The average molecular weight is 357 g/mol. The number of rotatable bonds is 6. The molecule has 0 saturated heterocycles. The Morgan fingerprint density at radius 3 is 2.57 bits per heavy atom. The summed E-state index contributed by atoms with van der Waals surface area (Å²) in [7, 11) is -3.08. The minimum absolute atomic E-state index is 0.0994. The van der Waals surface area contributed by atoms with E-state index in [2.05, 4.69) is 0 Å². The van der Waals surface area contributed by atoms with Gasteiger partial charge in [0.1, 0.15) is 11.5 Å². The molecule has 0 radical (unpaired) electrons. The van der Waals surface area contributed by atoms with E-state index in [1.165, 1.54) is 7.11 Å². The van der Waals surface area contributed by atoms with Crippen molar-refractivity contribution in [2.75, 3.05) is 13.7 Å². The predicted molar refractivity (Wildman–Crippen MR) is 76.3 cm³/mol. The third-order valence-electron chi connectivity index (χ3n) is 2.21. The molecule has 0 atom stereocenters. The SMILES string of the molecule is COc1c(OCC(Cl)=CCl)cc([N+](=O)[O-])cc1S(N)(=O)=O. The first-order valence-electron chi connectivity index (χ1n) is 5.17. The number of benzene rings is 1. The maximum absolute atomic E-state index is 11.5. The quantitative estimate of drug-likeness (QED) is 0.613. The molecular weight excluding hydrogens is 347 g/mol. The second kappa shape index (κ2) is 6.94. The molecule has 11 heteroatoms. The van der Waals surface area contributed by atoms with Crippen molar-refractivity contribution >= 4 is 38.9 Å². The van der Waals surface area contributed by atoms with Crippen molar-refractivity contribution in [2.45, 2.75) is 4.90 Å². The van der Waals surface area contributed by atoms with Gasteiger partial charge in [0.15, 0.2) is 11.5 Å². The van der Waals surface area contributed by atoms with E-state index in [0.717, 1.165) is 17.7 Å². The Balaban J connectivity index is 3.46. The fourth-order valence-electron chi connectivity index (χ4n) is 1.37. The number of sulfonamides is 1. The number of hydrogen-bond acceptors (Lipinski definition) is 6. The van der Waals surface area contributed by atoms with Gasteiger partial charge in [-0.1, -0.05) is 23.2 Å². The molecule has 0 aliphatic rings. The van der Waals surface area contributed by atoms with Crippen molar-refractivity contribution in [3.05, 3.63) is 32.8 Å². The van der Waals surface area contributed by atoms with Gasteiger partial charge in [-0.25, -0.2) is 13.6 Å². The Kier molecular flexibility index (Phi) is 5.78. The normalized spacial score (nSPS) is 12.1. The number of methoxy groups -OCH3 is 1. The second-order valence-corrected chi connectivity index (χ2v) is 5.86. The maximum Gasteiger partial charge on any atom is 0.274 e. The molecule has 0 aliphatic carbocycles. The molecule has 8 nitrogen and oxygen atoms in total. The summed E-state index contributed by atoms with van der Waals surface area (Å²) in [6.45, 7) is -0.230. The van der Waals surface area contributed by atoms with Crippen LogP contribution in [0.4, 0.5) is 5.69 Å². The summed E-state index contributed by atoms with van der Waals surface area (Å²) in [4.78, 5) is 9.48. The number of nitrogens with two attached hydrogens (primary N) is 1. The number of nitro groups is 1. The summed E-state index contributed by atoms with van der Waals surface area (Å²) >= 11 is 11.0. The molecule has 1 aromatic carbocycles. The lowest BCUT2D eigenvalue weighted by Crippen LogP contribution is -2.14. The van der Waals surface area contributed by atoms with E-state index in [-0.39, 0.29) is 23.1 Å². The van der Waals surface area contributed by atoms with E-state index >= 15 is 0 Å². The number of nitrogens with zero attached hydrogens (tertiary/aromatic N) is 1. The number of primary sulfonamides is 1. The Bertz CT molecular complexity index is 689. The molecule has 1 aromatic rings. The summed E-state index contributed by atoms with van der Waals surface area (Å²) in [5.74, 6) is -0.463. The number of nitro benzene ring substituents is 1. The van der Waals surface area contributed by atoms with E-state index < -0.39 is 25.5 Å². The molecule has 0 amide bonds. The zero-order valence-corrected chi connectivity index (χ0v) is 12.9. The van der Waals surface area contributed by atoms with Gasteiger partial charge in [0.2, 0.25) is 10.0 Å². The van der Waals surface area contributed by atoms with Crippen molar-refractivity contribution in [1.82, 2.24) is 0 Å². The molecular formula is C10H10Cl2N2O6S. The molecule has 0 aliphatic heterocycles. The number of non-ortho nitro benzene ring substituents is 1. The molecule has 0 bridgehead atoms. The average Bonchev–Trinajstić information content (AvgIpc) is 2.42. The van der Waals surface area contributed by atoms with Crippen LogP contribution in [0.1, 0.15) is 0 Å². The van der Waals surface area contributed by atoms with Crippen LogP contribution in [0.15, 0.2) is 27.6 Å². The predicted octanol–water partition coefficient (Wildman–Crippen LogP) is 1.95. The highest BCUT2D eigenvalue weighted by Gasteiger charge is 2.25. The van der Waals surface area contributed by atoms with Gasteiger partial charge in [0.25, 0.3) is 5.69 Å². The van der Waals surface area contributed by atoms with Crippen LogP contribution in [0, 0.1) is 10.1 Å². The van der Waals surface area contributed by atoms with Crippen LogP contribution in [0.25, 0.3) is 0 Å². The zero-order valence-electron chi connectivity index (χ0n) is 10.6. The molecule has 2 N–H and O–H groups in total. The van der Waals surface area contributed by atoms with Crippen molar-refractivity contribution in [2.24, 2.45) is 5.14 Å². The molecule has 1 rings (SSSR count). The van der Waals surface area contributed by atoms with Crippen LogP contribution in [-0.2, 0) is 10.0 Å². The highest BCUT2D eigenvalue weighted by molar-refractivity contribution is 7.89. The Labute approximate surface area is 130 Å². The molecule has 21 heavy (non-hydrogen) atoms.